The Hall–Kier alpha value is -3.04. The highest BCUT2D eigenvalue weighted by Crippen LogP contribution is 2.44. The number of aromatic nitrogens is 1. The van der Waals surface area contributed by atoms with Crippen molar-refractivity contribution in [3.63, 3.8) is 0 Å². The number of carbonyl (C=O) groups excluding carboxylic acids is 1. The van der Waals surface area contributed by atoms with E-state index in [1.807, 2.05) is 66.9 Å². The van der Waals surface area contributed by atoms with E-state index in [9.17, 15) is 4.79 Å². The number of nitrogens with zero attached hydrogens (tertiary/aromatic N) is 4. The minimum Gasteiger partial charge on any atom is -0.493 e. The number of hydrogen-bond acceptors (Lipinski definition) is 8. The highest BCUT2D eigenvalue weighted by atomic mass is 32.1. The normalized spacial score (nSPS) is 11.1. The van der Waals surface area contributed by atoms with Crippen LogP contribution in [0.1, 0.15) is 11.1 Å². The number of anilines is 1. The van der Waals surface area contributed by atoms with Crippen molar-refractivity contribution < 1.29 is 19.0 Å². The number of thiophene rings is 1. The Kier molecular flexibility index (Phi) is 8.57. The van der Waals surface area contributed by atoms with Gasteiger partial charge in [-0.2, -0.15) is 11.3 Å². The first kappa shape index (κ1) is 25.6. The molecular weight excluding hydrogens is 452 g/mol. The Morgan fingerprint density at radius 3 is 2.29 bits per heavy atom. The van der Waals surface area contributed by atoms with E-state index in [1.165, 1.54) is 0 Å². The van der Waals surface area contributed by atoms with Gasteiger partial charge in [-0.3, -0.25) is 4.79 Å². The highest BCUT2D eigenvalue weighted by molar-refractivity contribution is 7.08. The molecule has 2 aromatic heterocycles. The first-order chi connectivity index (χ1) is 16.3. The lowest BCUT2D eigenvalue weighted by molar-refractivity contribution is -0.131. The van der Waals surface area contributed by atoms with Crippen LogP contribution in [0.5, 0.6) is 17.2 Å². The van der Waals surface area contributed by atoms with Crippen molar-refractivity contribution in [1.82, 2.24) is 14.8 Å². The number of likely N-dealkylation sites (N-methyl/N-ethyl adjacent to an activating group) is 1. The van der Waals surface area contributed by atoms with Crippen LogP contribution in [-0.4, -0.2) is 83.3 Å². The number of methoxy groups -OCH3 is 3. The van der Waals surface area contributed by atoms with Crippen LogP contribution in [-0.2, 0) is 17.8 Å². The van der Waals surface area contributed by atoms with Crippen molar-refractivity contribution in [3.05, 3.63) is 40.1 Å². The van der Waals surface area contributed by atoms with Gasteiger partial charge in [-0.05, 0) is 42.6 Å². The van der Waals surface area contributed by atoms with Crippen LogP contribution >= 0.6 is 11.3 Å². The van der Waals surface area contributed by atoms with Gasteiger partial charge in [0, 0.05) is 50.7 Å². The van der Waals surface area contributed by atoms with Gasteiger partial charge in [0.25, 0.3) is 0 Å². The van der Waals surface area contributed by atoms with E-state index < -0.39 is 0 Å². The lowest BCUT2D eigenvalue weighted by Crippen LogP contribution is -2.37. The van der Waals surface area contributed by atoms with Gasteiger partial charge in [0.1, 0.15) is 5.82 Å². The molecular formula is C25H34N4O4S. The summed E-state index contributed by atoms with van der Waals surface area (Å²) in [7, 11) is 12.7. The number of rotatable bonds is 11. The summed E-state index contributed by atoms with van der Waals surface area (Å²) < 4.78 is 16.8. The van der Waals surface area contributed by atoms with Gasteiger partial charge in [-0.15, -0.1) is 0 Å². The molecule has 2 heterocycles. The Morgan fingerprint density at radius 1 is 1.00 bits per heavy atom. The summed E-state index contributed by atoms with van der Waals surface area (Å²) in [5.41, 5.74) is 2.69. The van der Waals surface area contributed by atoms with E-state index in [2.05, 4.69) is 4.90 Å². The average Bonchev–Trinajstić information content (AvgIpc) is 3.32. The van der Waals surface area contributed by atoms with Gasteiger partial charge >= 0.3 is 0 Å². The van der Waals surface area contributed by atoms with E-state index in [1.54, 1.807) is 32.7 Å². The topological polar surface area (TPSA) is 67.4 Å². The van der Waals surface area contributed by atoms with Crippen LogP contribution in [0.4, 0.5) is 5.82 Å². The molecule has 0 aliphatic carbocycles. The minimum absolute atomic E-state index is 0.0873. The van der Waals surface area contributed by atoms with Gasteiger partial charge < -0.3 is 28.9 Å². The monoisotopic (exact) mass is 486 g/mol. The lowest BCUT2D eigenvalue weighted by atomic mass is 10.1. The van der Waals surface area contributed by atoms with Gasteiger partial charge in [0.2, 0.25) is 11.7 Å². The van der Waals surface area contributed by atoms with Crippen LogP contribution in [0.3, 0.4) is 0 Å². The molecule has 0 bridgehead atoms. The number of ether oxygens (including phenoxy) is 3. The summed E-state index contributed by atoms with van der Waals surface area (Å²) in [6.45, 7) is 1.82. The van der Waals surface area contributed by atoms with Crippen molar-refractivity contribution in [3.8, 4) is 17.2 Å². The molecule has 0 aliphatic rings. The molecule has 9 heteroatoms. The zero-order valence-corrected chi connectivity index (χ0v) is 21.9. The molecule has 0 fully saturated rings. The average molecular weight is 487 g/mol. The Morgan fingerprint density at radius 2 is 1.74 bits per heavy atom. The number of benzene rings is 1. The summed E-state index contributed by atoms with van der Waals surface area (Å²) in [6, 6.07) is 5.89. The number of amides is 1. The maximum absolute atomic E-state index is 13.3. The zero-order chi connectivity index (χ0) is 24.8. The molecule has 0 aliphatic heterocycles. The third-order valence-electron chi connectivity index (χ3n) is 5.57. The van der Waals surface area contributed by atoms with E-state index in [-0.39, 0.29) is 5.91 Å². The van der Waals surface area contributed by atoms with Crippen molar-refractivity contribution >= 4 is 34.0 Å². The summed E-state index contributed by atoms with van der Waals surface area (Å²) in [5, 5.41) is 4.83. The number of carbonyl (C=O) groups is 1. The molecule has 1 amide bonds. The predicted octanol–water partition coefficient (Wildman–Crippen LogP) is 3.52. The van der Waals surface area contributed by atoms with E-state index >= 15 is 0 Å². The minimum atomic E-state index is 0.0873. The molecule has 3 aromatic rings. The van der Waals surface area contributed by atoms with Crippen molar-refractivity contribution in [2.75, 3.05) is 67.5 Å². The molecule has 3 rings (SSSR count). The summed E-state index contributed by atoms with van der Waals surface area (Å²) in [5.74, 6) is 2.50. The van der Waals surface area contributed by atoms with Crippen LogP contribution in [0.15, 0.2) is 29.0 Å². The lowest BCUT2D eigenvalue weighted by Gasteiger charge is -2.27. The fraction of sp³-hybridized carbons (Fsp3) is 0.440. The predicted molar refractivity (Wildman–Crippen MR) is 138 cm³/mol. The molecule has 0 spiro atoms. The van der Waals surface area contributed by atoms with Gasteiger partial charge in [-0.1, -0.05) is 0 Å². The molecule has 0 unspecified atom stereocenters. The second-order valence-electron chi connectivity index (χ2n) is 8.50. The molecule has 34 heavy (non-hydrogen) atoms. The maximum atomic E-state index is 13.3. The van der Waals surface area contributed by atoms with Gasteiger partial charge in [-0.25, -0.2) is 4.98 Å². The van der Waals surface area contributed by atoms with Crippen LogP contribution in [0.25, 0.3) is 10.9 Å². The summed E-state index contributed by atoms with van der Waals surface area (Å²) in [4.78, 5) is 24.2. The van der Waals surface area contributed by atoms with E-state index in [4.69, 9.17) is 19.2 Å². The van der Waals surface area contributed by atoms with Crippen LogP contribution < -0.4 is 19.1 Å². The third kappa shape index (κ3) is 5.71. The fourth-order valence-corrected chi connectivity index (χ4v) is 4.49. The van der Waals surface area contributed by atoms with Gasteiger partial charge in [0.15, 0.2) is 11.5 Å². The van der Waals surface area contributed by atoms with Crippen molar-refractivity contribution in [2.45, 2.75) is 13.0 Å². The van der Waals surface area contributed by atoms with Gasteiger partial charge in [0.05, 0.1) is 33.3 Å². The second-order valence-corrected chi connectivity index (χ2v) is 9.28. The summed E-state index contributed by atoms with van der Waals surface area (Å²) >= 11 is 1.60. The number of pyridine rings is 1. The number of hydrogen-bond donors (Lipinski definition) is 0. The molecule has 0 saturated heterocycles. The first-order valence-electron chi connectivity index (χ1n) is 11.0. The third-order valence-corrected chi connectivity index (χ3v) is 6.30. The Labute approximate surface area is 205 Å². The summed E-state index contributed by atoms with van der Waals surface area (Å²) in [6.07, 6.45) is 0.379. The second kappa shape index (κ2) is 11.4. The molecule has 8 nitrogen and oxygen atoms in total. The quantitative estimate of drug-likeness (QED) is 0.411. The van der Waals surface area contributed by atoms with E-state index in [0.717, 1.165) is 34.4 Å². The van der Waals surface area contributed by atoms with Crippen molar-refractivity contribution in [2.24, 2.45) is 0 Å². The molecule has 184 valence electrons. The molecule has 1 aromatic carbocycles. The molecule has 0 radical (unpaired) electrons. The first-order valence-corrected chi connectivity index (χ1v) is 12.0. The Bertz CT molecular complexity index is 1120. The fourth-order valence-electron chi connectivity index (χ4n) is 3.82. The van der Waals surface area contributed by atoms with E-state index in [0.29, 0.717) is 36.8 Å². The largest absolute Gasteiger partial charge is 0.493 e. The smallest absolute Gasteiger partial charge is 0.227 e. The number of fused-ring (bicyclic) bond motifs is 1. The van der Waals surface area contributed by atoms with Crippen LogP contribution in [0, 0.1) is 0 Å². The Balaban J connectivity index is 2.07. The SMILES string of the molecule is COc1cc2nc(N(C)C)c(CN(CCN(C)C)C(=O)Cc3ccsc3)cc2c(OC)c1OC. The standard InChI is InChI=1S/C25H34N4O4S/c1-27(2)9-10-29(22(30)12-17-8-11-34-16-17)15-18-13-19-20(26-25(18)28(3)4)14-21(31-5)24(33-7)23(19)32-6/h8,11,13-14,16H,9-10,12,15H2,1-7H3. The molecule has 0 N–H and O–H groups in total. The maximum Gasteiger partial charge on any atom is 0.227 e. The van der Waals surface area contributed by atoms with Crippen molar-refractivity contribution in [1.29, 1.82) is 0 Å². The van der Waals surface area contributed by atoms with Crippen LogP contribution in [0.2, 0.25) is 0 Å². The highest BCUT2D eigenvalue weighted by Gasteiger charge is 2.22. The molecule has 0 saturated carbocycles. The molecule has 0 atom stereocenters. The zero-order valence-electron chi connectivity index (χ0n) is 21.0.